The van der Waals surface area contributed by atoms with Crippen LogP contribution in [0.15, 0.2) is 32.8 Å². The van der Waals surface area contributed by atoms with Gasteiger partial charge in [-0.3, -0.25) is 9.36 Å². The molecule has 0 atom stereocenters. The summed E-state index contributed by atoms with van der Waals surface area (Å²) >= 11 is 1.55. The lowest BCUT2D eigenvalue weighted by Crippen LogP contribution is -2.24. The summed E-state index contributed by atoms with van der Waals surface area (Å²) in [5.41, 5.74) is 3.33. The highest BCUT2D eigenvalue weighted by Crippen LogP contribution is 2.40. The van der Waals surface area contributed by atoms with Gasteiger partial charge in [0.15, 0.2) is 5.58 Å². The van der Waals surface area contributed by atoms with Crippen LogP contribution in [0, 0.1) is 0 Å². The van der Waals surface area contributed by atoms with Crippen LogP contribution in [0.3, 0.4) is 0 Å². The van der Waals surface area contributed by atoms with Crippen molar-refractivity contribution < 1.29 is 9.21 Å². The molecule has 1 aliphatic rings. The zero-order valence-electron chi connectivity index (χ0n) is 13.2. The van der Waals surface area contributed by atoms with Gasteiger partial charge in [0, 0.05) is 24.9 Å². The van der Waals surface area contributed by atoms with Crippen molar-refractivity contribution in [2.45, 2.75) is 31.7 Å². The van der Waals surface area contributed by atoms with E-state index in [9.17, 15) is 9.59 Å². The zero-order chi connectivity index (χ0) is 16.7. The molecule has 0 bridgehead atoms. The molecule has 0 aliphatic heterocycles. The molecule has 2 heterocycles. The van der Waals surface area contributed by atoms with Crippen LogP contribution in [-0.4, -0.2) is 15.5 Å². The number of thiazole rings is 1. The fourth-order valence-electron chi connectivity index (χ4n) is 2.66. The molecule has 1 saturated carbocycles. The number of amides is 1. The fraction of sp³-hybridized carbons (Fsp3) is 0.353. The number of nitrogens with zero attached hydrogens (tertiary/aromatic N) is 2. The van der Waals surface area contributed by atoms with Gasteiger partial charge in [0.05, 0.1) is 17.6 Å². The Morgan fingerprint density at radius 1 is 1.46 bits per heavy atom. The van der Waals surface area contributed by atoms with Gasteiger partial charge >= 0.3 is 5.76 Å². The minimum Gasteiger partial charge on any atom is -0.408 e. The summed E-state index contributed by atoms with van der Waals surface area (Å²) in [5, 5.41) is 5.83. The molecule has 1 N–H and O–H groups in total. The maximum atomic E-state index is 12.1. The van der Waals surface area contributed by atoms with E-state index in [1.807, 2.05) is 12.1 Å². The maximum Gasteiger partial charge on any atom is 0.419 e. The molecule has 1 aliphatic carbocycles. The predicted molar refractivity (Wildman–Crippen MR) is 91.1 cm³/mol. The van der Waals surface area contributed by atoms with Crippen LogP contribution in [0.5, 0.6) is 0 Å². The van der Waals surface area contributed by atoms with Crippen molar-refractivity contribution >= 4 is 28.3 Å². The lowest BCUT2D eigenvalue weighted by molar-refractivity contribution is -0.120. The number of rotatable bonds is 5. The number of aromatic nitrogens is 2. The van der Waals surface area contributed by atoms with E-state index in [0.717, 1.165) is 21.8 Å². The highest BCUT2D eigenvalue weighted by atomic mass is 32.1. The maximum absolute atomic E-state index is 12.1. The largest absolute Gasteiger partial charge is 0.419 e. The minimum absolute atomic E-state index is 0.0483. The third-order valence-electron chi connectivity index (χ3n) is 4.22. The van der Waals surface area contributed by atoms with E-state index < -0.39 is 0 Å². The smallest absolute Gasteiger partial charge is 0.408 e. The van der Waals surface area contributed by atoms with Crippen LogP contribution in [0.4, 0.5) is 0 Å². The molecule has 6 nitrogen and oxygen atoms in total. The monoisotopic (exact) mass is 343 g/mol. The molecule has 0 saturated heterocycles. The molecule has 4 rings (SSSR count). The van der Waals surface area contributed by atoms with Crippen LogP contribution in [0.2, 0.25) is 0 Å². The van der Waals surface area contributed by atoms with Crippen LogP contribution in [-0.2, 0) is 24.8 Å². The second-order valence-electron chi connectivity index (χ2n) is 6.12. The summed E-state index contributed by atoms with van der Waals surface area (Å²) in [4.78, 5) is 28.1. The molecule has 0 unspecified atom stereocenters. The number of fused-ring (bicyclic) bond motifs is 1. The second kappa shape index (κ2) is 5.90. The summed E-state index contributed by atoms with van der Waals surface area (Å²) in [6.07, 6.45) is 2.74. The van der Waals surface area contributed by atoms with E-state index in [0.29, 0.717) is 24.5 Å². The highest BCUT2D eigenvalue weighted by molar-refractivity contribution is 7.09. The van der Waals surface area contributed by atoms with E-state index in [-0.39, 0.29) is 11.7 Å². The average molecular weight is 343 g/mol. The number of hydrogen-bond donors (Lipinski definition) is 1. The number of carbonyl (C=O) groups is 1. The van der Waals surface area contributed by atoms with Gasteiger partial charge in [-0.1, -0.05) is 6.07 Å². The third kappa shape index (κ3) is 2.99. The van der Waals surface area contributed by atoms with Gasteiger partial charge in [0.1, 0.15) is 5.01 Å². The predicted octanol–water partition coefficient (Wildman–Crippen LogP) is 2.32. The lowest BCUT2D eigenvalue weighted by atomic mass is 10.2. The lowest BCUT2D eigenvalue weighted by Gasteiger charge is -2.04. The number of carbonyl (C=O) groups excluding carboxylic acids is 1. The molecule has 1 fully saturated rings. The average Bonchev–Trinajstić information content (AvgIpc) is 3.26. The van der Waals surface area contributed by atoms with Crippen molar-refractivity contribution in [3.05, 3.63) is 50.4 Å². The van der Waals surface area contributed by atoms with Crippen LogP contribution in [0.1, 0.15) is 35.0 Å². The standard InChI is InChI=1S/C17H17N3O3S/c1-20-13-6-10(2-5-14(13)23-17(20)22)8-18-15(21)7-16-19-12(9-24-16)11-3-4-11/h2,5-6,9,11H,3-4,7-8H2,1H3,(H,18,21). The Kier molecular flexibility index (Phi) is 3.72. The van der Waals surface area contributed by atoms with Crippen molar-refractivity contribution in [1.29, 1.82) is 0 Å². The van der Waals surface area contributed by atoms with Gasteiger partial charge in [-0.05, 0) is 30.5 Å². The first-order valence-corrected chi connectivity index (χ1v) is 8.77. The van der Waals surface area contributed by atoms with E-state index in [1.165, 1.54) is 17.4 Å². The first-order valence-electron chi connectivity index (χ1n) is 7.89. The molecule has 0 spiro atoms. The summed E-state index contributed by atoms with van der Waals surface area (Å²) < 4.78 is 6.55. The van der Waals surface area contributed by atoms with Gasteiger partial charge < -0.3 is 9.73 Å². The zero-order valence-corrected chi connectivity index (χ0v) is 14.1. The van der Waals surface area contributed by atoms with E-state index in [2.05, 4.69) is 15.7 Å². The van der Waals surface area contributed by atoms with Crippen LogP contribution in [0.25, 0.3) is 11.1 Å². The molecule has 24 heavy (non-hydrogen) atoms. The Morgan fingerprint density at radius 3 is 3.08 bits per heavy atom. The van der Waals surface area contributed by atoms with Crippen molar-refractivity contribution in [1.82, 2.24) is 14.9 Å². The molecular weight excluding hydrogens is 326 g/mol. The molecule has 1 aromatic carbocycles. The van der Waals surface area contributed by atoms with Gasteiger partial charge in [0.25, 0.3) is 0 Å². The van der Waals surface area contributed by atoms with E-state index in [4.69, 9.17) is 4.42 Å². The summed E-state index contributed by atoms with van der Waals surface area (Å²) in [5.74, 6) is 0.181. The van der Waals surface area contributed by atoms with Gasteiger partial charge in [-0.25, -0.2) is 9.78 Å². The topological polar surface area (TPSA) is 77.1 Å². The molecule has 2 aromatic heterocycles. The highest BCUT2D eigenvalue weighted by Gasteiger charge is 2.26. The SMILES string of the molecule is Cn1c(=O)oc2ccc(CNC(=O)Cc3nc(C4CC4)cs3)cc21. The van der Waals surface area contributed by atoms with Gasteiger partial charge in [-0.15, -0.1) is 11.3 Å². The molecule has 1 amide bonds. The fourth-order valence-corrected chi connectivity index (χ4v) is 3.53. The van der Waals surface area contributed by atoms with Crippen LogP contribution >= 0.6 is 11.3 Å². The normalized spacial score (nSPS) is 14.2. The molecule has 3 aromatic rings. The summed E-state index contributed by atoms with van der Waals surface area (Å²) in [6.45, 7) is 0.412. The number of benzene rings is 1. The summed E-state index contributed by atoms with van der Waals surface area (Å²) in [6, 6.07) is 5.45. The van der Waals surface area contributed by atoms with Gasteiger partial charge in [-0.2, -0.15) is 0 Å². The van der Waals surface area contributed by atoms with E-state index in [1.54, 1.807) is 24.5 Å². The summed E-state index contributed by atoms with van der Waals surface area (Å²) in [7, 11) is 1.66. The Morgan fingerprint density at radius 2 is 2.29 bits per heavy atom. The molecule has 0 radical (unpaired) electrons. The number of aryl methyl sites for hydroxylation is 1. The first-order chi connectivity index (χ1) is 11.6. The van der Waals surface area contributed by atoms with E-state index >= 15 is 0 Å². The Labute approximate surface area is 142 Å². The van der Waals surface area contributed by atoms with Gasteiger partial charge in [0.2, 0.25) is 5.91 Å². The number of nitrogens with one attached hydrogen (secondary N) is 1. The first kappa shape index (κ1) is 15.1. The third-order valence-corrected chi connectivity index (χ3v) is 5.09. The Hall–Kier alpha value is -2.41. The van der Waals surface area contributed by atoms with Crippen molar-refractivity contribution in [3.63, 3.8) is 0 Å². The number of hydrogen-bond acceptors (Lipinski definition) is 5. The number of oxazole rings is 1. The van der Waals surface area contributed by atoms with Crippen molar-refractivity contribution in [3.8, 4) is 0 Å². The quantitative estimate of drug-likeness (QED) is 0.771. The Bertz CT molecular complexity index is 965. The van der Waals surface area contributed by atoms with Crippen molar-refractivity contribution in [2.24, 2.45) is 7.05 Å². The molecular formula is C17H17N3O3S. The van der Waals surface area contributed by atoms with Crippen molar-refractivity contribution in [2.75, 3.05) is 0 Å². The minimum atomic E-state index is -0.388. The Balaban J connectivity index is 1.39. The molecule has 124 valence electrons. The molecule has 7 heteroatoms. The van der Waals surface area contributed by atoms with Crippen LogP contribution < -0.4 is 11.1 Å². The second-order valence-corrected chi connectivity index (χ2v) is 7.07.